The highest BCUT2D eigenvalue weighted by atomic mass is 32.1. The van der Waals surface area contributed by atoms with Crippen molar-refractivity contribution in [1.29, 1.82) is 0 Å². The molecule has 1 N–H and O–H groups in total. The van der Waals surface area contributed by atoms with E-state index in [0.29, 0.717) is 11.1 Å². The zero-order chi connectivity index (χ0) is 13.7. The van der Waals surface area contributed by atoms with Crippen molar-refractivity contribution < 1.29 is 14.3 Å². The number of thiophene rings is 1. The molecule has 0 aliphatic rings. The van der Waals surface area contributed by atoms with Crippen LogP contribution < -0.4 is 5.32 Å². The topological polar surface area (TPSA) is 55.4 Å². The molecule has 2 rings (SSSR count). The molecule has 0 unspecified atom stereocenters. The van der Waals surface area contributed by atoms with Gasteiger partial charge >= 0.3 is 5.97 Å². The maximum Gasteiger partial charge on any atom is 0.338 e. The van der Waals surface area contributed by atoms with Crippen molar-refractivity contribution in [3.05, 3.63) is 57.8 Å². The number of amides is 1. The minimum atomic E-state index is -0.431. The molecule has 0 saturated carbocycles. The second-order valence-corrected chi connectivity index (χ2v) is 4.85. The first-order valence-corrected chi connectivity index (χ1v) is 6.60. The minimum absolute atomic E-state index is 0.229. The molecule has 1 amide bonds. The Labute approximate surface area is 115 Å². The molecule has 0 atom stereocenters. The molecule has 19 heavy (non-hydrogen) atoms. The van der Waals surface area contributed by atoms with Gasteiger partial charge in [0.25, 0.3) is 5.91 Å². The smallest absolute Gasteiger partial charge is 0.338 e. The van der Waals surface area contributed by atoms with E-state index < -0.39 is 5.97 Å². The molecule has 0 fully saturated rings. The predicted octanol–water partition coefficient (Wildman–Crippen LogP) is 2.46. The van der Waals surface area contributed by atoms with Gasteiger partial charge in [-0.25, -0.2) is 4.79 Å². The van der Waals surface area contributed by atoms with E-state index in [0.717, 1.165) is 4.88 Å². The van der Waals surface area contributed by atoms with Crippen LogP contribution in [-0.4, -0.2) is 18.9 Å². The highest BCUT2D eigenvalue weighted by molar-refractivity contribution is 7.09. The summed E-state index contributed by atoms with van der Waals surface area (Å²) < 4.78 is 5.18. The fourth-order valence-electron chi connectivity index (χ4n) is 1.55. The van der Waals surface area contributed by atoms with Gasteiger partial charge in [0.2, 0.25) is 0 Å². The number of carbonyl (C=O) groups is 2. The Kier molecular flexibility index (Phi) is 4.30. The van der Waals surface area contributed by atoms with Gasteiger partial charge in [0.05, 0.1) is 5.56 Å². The van der Waals surface area contributed by atoms with Gasteiger partial charge in [0, 0.05) is 17.5 Å². The minimum Gasteiger partial charge on any atom is -0.456 e. The molecular weight excluding hydrogens is 262 g/mol. The Hall–Kier alpha value is -2.14. The normalized spacial score (nSPS) is 9.95. The van der Waals surface area contributed by atoms with E-state index >= 15 is 0 Å². The van der Waals surface area contributed by atoms with Crippen molar-refractivity contribution in [2.24, 2.45) is 0 Å². The number of ether oxygens (including phenoxy) is 1. The second-order valence-electron chi connectivity index (χ2n) is 3.82. The number of benzene rings is 1. The lowest BCUT2D eigenvalue weighted by molar-refractivity contribution is 0.0477. The maximum atomic E-state index is 11.9. The quantitative estimate of drug-likeness (QED) is 0.872. The van der Waals surface area contributed by atoms with Crippen molar-refractivity contribution in [2.75, 3.05) is 7.05 Å². The van der Waals surface area contributed by atoms with E-state index in [1.807, 2.05) is 17.5 Å². The zero-order valence-corrected chi connectivity index (χ0v) is 11.2. The van der Waals surface area contributed by atoms with Gasteiger partial charge in [-0.05, 0) is 29.6 Å². The van der Waals surface area contributed by atoms with Crippen LogP contribution in [0.5, 0.6) is 0 Å². The molecule has 0 bridgehead atoms. The second kappa shape index (κ2) is 6.15. The molecule has 1 aromatic heterocycles. The fourth-order valence-corrected chi connectivity index (χ4v) is 2.16. The lowest BCUT2D eigenvalue weighted by Gasteiger charge is -2.05. The van der Waals surface area contributed by atoms with E-state index in [9.17, 15) is 9.59 Å². The standard InChI is InChI=1S/C14H13NO3S/c1-15-13(16)10-4-2-5-11(8-10)14(17)18-9-12-6-3-7-19-12/h2-8H,9H2,1H3,(H,15,16). The number of carbonyl (C=O) groups excluding carboxylic acids is 2. The van der Waals surface area contributed by atoms with Crippen LogP contribution in [0.1, 0.15) is 25.6 Å². The number of hydrogen-bond acceptors (Lipinski definition) is 4. The average Bonchev–Trinajstić information content (AvgIpc) is 2.97. The van der Waals surface area contributed by atoms with Crippen LogP contribution in [0.25, 0.3) is 0 Å². The van der Waals surface area contributed by atoms with Crippen molar-refractivity contribution in [2.45, 2.75) is 6.61 Å². The van der Waals surface area contributed by atoms with Crippen LogP contribution in [-0.2, 0) is 11.3 Å². The molecule has 0 saturated heterocycles. The molecular formula is C14H13NO3S. The van der Waals surface area contributed by atoms with Crippen LogP contribution in [0.4, 0.5) is 0 Å². The summed E-state index contributed by atoms with van der Waals surface area (Å²) in [5.41, 5.74) is 0.811. The first-order valence-electron chi connectivity index (χ1n) is 5.72. The molecule has 1 heterocycles. The third-order valence-corrected chi connectivity index (χ3v) is 3.36. The summed E-state index contributed by atoms with van der Waals surface area (Å²) in [7, 11) is 1.55. The largest absolute Gasteiger partial charge is 0.456 e. The van der Waals surface area contributed by atoms with Gasteiger partial charge in [-0.3, -0.25) is 4.79 Å². The Morgan fingerprint density at radius 2 is 2.00 bits per heavy atom. The molecule has 2 aromatic rings. The van der Waals surface area contributed by atoms with E-state index in [1.54, 1.807) is 25.2 Å². The third kappa shape index (κ3) is 3.42. The Morgan fingerprint density at radius 1 is 1.21 bits per heavy atom. The van der Waals surface area contributed by atoms with Crippen LogP contribution in [0.2, 0.25) is 0 Å². The van der Waals surface area contributed by atoms with Crippen LogP contribution >= 0.6 is 11.3 Å². The zero-order valence-electron chi connectivity index (χ0n) is 10.4. The highest BCUT2D eigenvalue weighted by Crippen LogP contribution is 2.12. The van der Waals surface area contributed by atoms with Gasteiger partial charge < -0.3 is 10.1 Å². The molecule has 98 valence electrons. The summed E-state index contributed by atoms with van der Waals surface area (Å²) in [5, 5.41) is 4.44. The summed E-state index contributed by atoms with van der Waals surface area (Å²) in [6, 6.07) is 10.3. The van der Waals surface area contributed by atoms with Crippen LogP contribution in [0.15, 0.2) is 41.8 Å². The van der Waals surface area contributed by atoms with Crippen LogP contribution in [0, 0.1) is 0 Å². The van der Waals surface area contributed by atoms with Crippen molar-refractivity contribution in [1.82, 2.24) is 5.32 Å². The average molecular weight is 275 g/mol. The molecule has 0 aliphatic carbocycles. The Balaban J connectivity index is 2.04. The highest BCUT2D eigenvalue weighted by Gasteiger charge is 2.10. The van der Waals surface area contributed by atoms with Gasteiger partial charge in [-0.15, -0.1) is 11.3 Å². The Morgan fingerprint density at radius 3 is 2.68 bits per heavy atom. The van der Waals surface area contributed by atoms with Gasteiger partial charge in [-0.2, -0.15) is 0 Å². The van der Waals surface area contributed by atoms with Crippen LogP contribution in [0.3, 0.4) is 0 Å². The van der Waals surface area contributed by atoms with Crippen molar-refractivity contribution >= 4 is 23.2 Å². The molecule has 0 radical (unpaired) electrons. The maximum absolute atomic E-state index is 11.9. The van der Waals surface area contributed by atoms with Gasteiger partial charge in [0.15, 0.2) is 0 Å². The summed E-state index contributed by atoms with van der Waals surface area (Å²) in [6.07, 6.45) is 0. The first kappa shape index (κ1) is 13.3. The lowest BCUT2D eigenvalue weighted by Crippen LogP contribution is -2.18. The predicted molar refractivity (Wildman–Crippen MR) is 73.3 cm³/mol. The number of esters is 1. The monoisotopic (exact) mass is 275 g/mol. The summed E-state index contributed by atoms with van der Waals surface area (Å²) >= 11 is 1.53. The van der Waals surface area contributed by atoms with E-state index in [4.69, 9.17) is 4.74 Å². The Bertz CT molecular complexity index is 578. The van der Waals surface area contributed by atoms with Crippen molar-refractivity contribution in [3.63, 3.8) is 0 Å². The number of rotatable bonds is 4. The van der Waals surface area contributed by atoms with E-state index in [-0.39, 0.29) is 12.5 Å². The third-order valence-electron chi connectivity index (χ3n) is 2.51. The molecule has 0 aliphatic heterocycles. The first-order chi connectivity index (χ1) is 9.20. The number of hydrogen-bond donors (Lipinski definition) is 1. The summed E-state index contributed by atoms with van der Waals surface area (Å²) in [4.78, 5) is 24.3. The summed E-state index contributed by atoms with van der Waals surface area (Å²) in [6.45, 7) is 0.251. The van der Waals surface area contributed by atoms with Gasteiger partial charge in [0.1, 0.15) is 6.61 Å². The van der Waals surface area contributed by atoms with E-state index in [1.165, 1.54) is 17.4 Å². The molecule has 0 spiro atoms. The molecule has 5 heteroatoms. The lowest BCUT2D eigenvalue weighted by atomic mass is 10.1. The number of nitrogens with one attached hydrogen (secondary N) is 1. The van der Waals surface area contributed by atoms with Gasteiger partial charge in [-0.1, -0.05) is 12.1 Å². The molecule has 4 nitrogen and oxygen atoms in total. The van der Waals surface area contributed by atoms with E-state index in [2.05, 4.69) is 5.32 Å². The SMILES string of the molecule is CNC(=O)c1cccc(C(=O)OCc2cccs2)c1. The summed E-state index contributed by atoms with van der Waals surface area (Å²) in [5.74, 6) is -0.660. The fraction of sp³-hybridized carbons (Fsp3) is 0.143. The van der Waals surface area contributed by atoms with Crippen molar-refractivity contribution in [3.8, 4) is 0 Å². The molecule has 1 aromatic carbocycles.